The first-order valence-electron chi connectivity index (χ1n) is 7.42. The maximum atomic E-state index is 12.8. The molecule has 0 amide bonds. The number of hydrogen-bond acceptors (Lipinski definition) is 3. The van der Waals surface area contributed by atoms with Crippen LogP contribution in [-0.4, -0.2) is 23.3 Å². The SMILES string of the molecule is CCCC1CC(=O)C(SC)(SC)c2[nH]c3ccccc3c21. The molecule has 0 saturated heterocycles. The van der Waals surface area contributed by atoms with Gasteiger partial charge in [-0.2, -0.15) is 0 Å². The summed E-state index contributed by atoms with van der Waals surface area (Å²) >= 11 is 3.32. The standard InChI is InChI=1S/C17H21NOS2/c1-4-7-11-10-14(19)17(20-2,21-3)16-15(11)12-8-5-6-9-13(12)18-16/h5-6,8-9,11,18H,4,7,10H2,1-3H3. The molecule has 3 rings (SSSR count). The van der Waals surface area contributed by atoms with E-state index < -0.39 is 4.08 Å². The van der Waals surface area contributed by atoms with Gasteiger partial charge in [-0.25, -0.2) is 0 Å². The molecule has 1 aromatic carbocycles. The number of hydrogen-bond donors (Lipinski definition) is 1. The predicted octanol–water partition coefficient (Wildman–Crippen LogP) is 4.90. The molecule has 0 saturated carbocycles. The number of thioether (sulfide) groups is 2. The Morgan fingerprint density at radius 3 is 2.67 bits per heavy atom. The molecule has 0 aliphatic heterocycles. The zero-order valence-electron chi connectivity index (χ0n) is 12.7. The van der Waals surface area contributed by atoms with Crippen LogP contribution in [0.25, 0.3) is 10.9 Å². The number of carbonyl (C=O) groups is 1. The second-order valence-electron chi connectivity index (χ2n) is 5.60. The van der Waals surface area contributed by atoms with Gasteiger partial charge in [0, 0.05) is 17.3 Å². The highest BCUT2D eigenvalue weighted by molar-refractivity contribution is 8.18. The Bertz CT molecular complexity index is 672. The summed E-state index contributed by atoms with van der Waals surface area (Å²) in [6.45, 7) is 2.20. The van der Waals surface area contributed by atoms with Crippen LogP contribution < -0.4 is 0 Å². The molecule has 2 nitrogen and oxygen atoms in total. The lowest BCUT2D eigenvalue weighted by Gasteiger charge is -2.36. The number of para-hydroxylation sites is 1. The third-order valence-corrected chi connectivity index (χ3v) is 7.51. The highest BCUT2D eigenvalue weighted by Gasteiger charge is 2.47. The summed E-state index contributed by atoms with van der Waals surface area (Å²) in [4.78, 5) is 16.4. The van der Waals surface area contributed by atoms with Crippen molar-refractivity contribution in [1.29, 1.82) is 0 Å². The molecule has 1 atom stereocenters. The Kier molecular flexibility index (Phi) is 4.10. The number of benzene rings is 1. The number of Topliss-reactive ketones (excluding diaryl/α,β-unsaturated/α-hetero) is 1. The van der Waals surface area contributed by atoms with Crippen molar-refractivity contribution in [3.05, 3.63) is 35.5 Å². The molecule has 1 heterocycles. The van der Waals surface area contributed by atoms with Gasteiger partial charge in [0.25, 0.3) is 0 Å². The number of fused-ring (bicyclic) bond motifs is 3. The number of rotatable bonds is 4. The molecule has 1 N–H and O–H groups in total. The van der Waals surface area contributed by atoms with Gasteiger partial charge in [0.05, 0.1) is 5.69 Å². The molecular weight excluding hydrogens is 298 g/mol. The van der Waals surface area contributed by atoms with Gasteiger partial charge in [0.15, 0.2) is 9.86 Å². The minimum atomic E-state index is -0.460. The molecule has 1 aliphatic rings. The van der Waals surface area contributed by atoms with Gasteiger partial charge in [-0.1, -0.05) is 31.5 Å². The van der Waals surface area contributed by atoms with Crippen molar-refractivity contribution in [2.45, 2.75) is 36.2 Å². The van der Waals surface area contributed by atoms with Crippen LogP contribution in [-0.2, 0) is 8.87 Å². The summed E-state index contributed by atoms with van der Waals surface area (Å²) in [6.07, 6.45) is 6.96. The normalized spacial score (nSPS) is 20.7. The lowest BCUT2D eigenvalue weighted by molar-refractivity contribution is -0.120. The van der Waals surface area contributed by atoms with E-state index in [-0.39, 0.29) is 0 Å². The van der Waals surface area contributed by atoms with Crippen molar-refractivity contribution in [1.82, 2.24) is 4.98 Å². The average Bonchev–Trinajstić information content (AvgIpc) is 2.88. The first-order chi connectivity index (χ1) is 10.2. The fourth-order valence-corrected chi connectivity index (χ4v) is 5.58. The average molecular weight is 319 g/mol. The van der Waals surface area contributed by atoms with Crippen molar-refractivity contribution in [3.8, 4) is 0 Å². The molecule has 0 radical (unpaired) electrons. The monoisotopic (exact) mass is 319 g/mol. The van der Waals surface area contributed by atoms with Gasteiger partial charge in [-0.3, -0.25) is 4.79 Å². The molecule has 21 heavy (non-hydrogen) atoms. The Morgan fingerprint density at radius 2 is 2.00 bits per heavy atom. The molecule has 112 valence electrons. The predicted molar refractivity (Wildman–Crippen MR) is 94.3 cm³/mol. The summed E-state index contributed by atoms with van der Waals surface area (Å²) < 4.78 is -0.460. The number of aromatic nitrogens is 1. The van der Waals surface area contributed by atoms with Crippen LogP contribution in [0.2, 0.25) is 0 Å². The summed E-state index contributed by atoms with van der Waals surface area (Å²) in [5, 5.41) is 1.30. The number of H-pyrrole nitrogens is 1. The van der Waals surface area contributed by atoms with Gasteiger partial charge >= 0.3 is 0 Å². The first kappa shape index (κ1) is 15.0. The smallest absolute Gasteiger partial charge is 0.165 e. The molecule has 4 heteroatoms. The van der Waals surface area contributed by atoms with Gasteiger partial charge in [-0.05, 0) is 36.5 Å². The third-order valence-electron chi connectivity index (χ3n) is 4.49. The maximum absolute atomic E-state index is 12.8. The van der Waals surface area contributed by atoms with Crippen molar-refractivity contribution in [3.63, 3.8) is 0 Å². The first-order valence-corrected chi connectivity index (χ1v) is 9.87. The van der Waals surface area contributed by atoms with E-state index in [2.05, 4.69) is 36.2 Å². The zero-order valence-corrected chi connectivity index (χ0v) is 14.4. The van der Waals surface area contributed by atoms with Crippen LogP contribution >= 0.6 is 23.5 Å². The van der Waals surface area contributed by atoms with Crippen LogP contribution in [0, 0.1) is 0 Å². The second kappa shape index (κ2) is 5.73. The van der Waals surface area contributed by atoms with Crippen molar-refractivity contribution in [2.75, 3.05) is 12.5 Å². The Balaban J connectivity index is 2.29. The van der Waals surface area contributed by atoms with Crippen LogP contribution in [0.4, 0.5) is 0 Å². The van der Waals surface area contributed by atoms with E-state index in [0.717, 1.165) is 24.1 Å². The van der Waals surface area contributed by atoms with E-state index in [1.165, 1.54) is 10.9 Å². The molecule has 0 spiro atoms. The summed E-state index contributed by atoms with van der Waals surface area (Å²) in [5.41, 5.74) is 3.68. The number of ketones is 1. The quantitative estimate of drug-likeness (QED) is 0.813. The Labute approximate surface area is 134 Å². The van der Waals surface area contributed by atoms with Crippen LogP contribution in [0.5, 0.6) is 0 Å². The second-order valence-corrected chi connectivity index (χ2v) is 7.90. The van der Waals surface area contributed by atoms with E-state index in [1.54, 1.807) is 23.5 Å². The van der Waals surface area contributed by atoms with Crippen LogP contribution in [0.1, 0.15) is 43.4 Å². The lowest BCUT2D eigenvalue weighted by atomic mass is 9.81. The molecule has 2 aromatic rings. The molecule has 0 fully saturated rings. The summed E-state index contributed by atoms with van der Waals surface area (Å²) in [7, 11) is 0. The van der Waals surface area contributed by atoms with Crippen molar-refractivity contribution in [2.24, 2.45) is 0 Å². The molecule has 0 bridgehead atoms. The zero-order chi connectivity index (χ0) is 15.0. The van der Waals surface area contributed by atoms with E-state index >= 15 is 0 Å². The van der Waals surface area contributed by atoms with Gasteiger partial charge in [-0.15, -0.1) is 23.5 Å². The summed E-state index contributed by atoms with van der Waals surface area (Å²) in [5.74, 6) is 0.723. The number of carbonyl (C=O) groups excluding carboxylic acids is 1. The fourth-order valence-electron chi connectivity index (χ4n) is 3.56. The van der Waals surface area contributed by atoms with E-state index in [4.69, 9.17) is 0 Å². The van der Waals surface area contributed by atoms with Gasteiger partial charge in [0.2, 0.25) is 0 Å². The van der Waals surface area contributed by atoms with E-state index in [1.807, 2.05) is 12.5 Å². The van der Waals surface area contributed by atoms with E-state index in [0.29, 0.717) is 18.1 Å². The number of aromatic amines is 1. The van der Waals surface area contributed by atoms with Gasteiger partial charge < -0.3 is 4.98 Å². The molecule has 1 unspecified atom stereocenters. The summed E-state index contributed by atoms with van der Waals surface area (Å²) in [6, 6.07) is 8.46. The topological polar surface area (TPSA) is 32.9 Å². The lowest BCUT2D eigenvalue weighted by Crippen LogP contribution is -2.35. The number of nitrogens with one attached hydrogen (secondary N) is 1. The molecular formula is C17H21NOS2. The molecule has 1 aromatic heterocycles. The largest absolute Gasteiger partial charge is 0.356 e. The van der Waals surface area contributed by atoms with Gasteiger partial charge in [0.1, 0.15) is 0 Å². The van der Waals surface area contributed by atoms with Crippen LogP contribution in [0.3, 0.4) is 0 Å². The van der Waals surface area contributed by atoms with Crippen molar-refractivity contribution >= 4 is 40.2 Å². The Hall–Kier alpha value is -0.870. The highest BCUT2D eigenvalue weighted by Crippen LogP contribution is 2.54. The minimum absolute atomic E-state index is 0.361. The van der Waals surface area contributed by atoms with Crippen LogP contribution in [0.15, 0.2) is 24.3 Å². The fraction of sp³-hybridized carbons (Fsp3) is 0.471. The van der Waals surface area contributed by atoms with Crippen molar-refractivity contribution < 1.29 is 4.79 Å². The molecule has 1 aliphatic carbocycles. The maximum Gasteiger partial charge on any atom is 0.165 e. The Morgan fingerprint density at radius 1 is 1.29 bits per heavy atom. The minimum Gasteiger partial charge on any atom is -0.356 e. The van der Waals surface area contributed by atoms with E-state index in [9.17, 15) is 4.79 Å². The highest BCUT2D eigenvalue weighted by atomic mass is 32.2. The third kappa shape index (κ3) is 2.15.